The Morgan fingerprint density at radius 2 is 1.78 bits per heavy atom. The fourth-order valence-electron chi connectivity index (χ4n) is 1.74. The second kappa shape index (κ2) is 4.57. The van der Waals surface area contributed by atoms with E-state index in [1.807, 2.05) is 26.0 Å². The van der Waals surface area contributed by atoms with Crippen LogP contribution in [-0.4, -0.2) is 15.1 Å². The van der Waals surface area contributed by atoms with Crippen molar-refractivity contribution in [3.05, 3.63) is 43.6 Å². The number of nitrogens with zero attached hydrogens (tertiary/aromatic N) is 1. The number of aromatic nitrogens is 2. The summed E-state index contributed by atoms with van der Waals surface area (Å²) in [6.45, 7) is 5.46. The number of benzene rings is 1. The van der Waals surface area contributed by atoms with Gasteiger partial charge in [0.1, 0.15) is 5.82 Å². The molecule has 0 bridgehead atoms. The van der Waals surface area contributed by atoms with Gasteiger partial charge in [-0.2, -0.15) is 4.98 Å². The molecule has 0 aliphatic rings. The number of aromatic hydroxyl groups is 1. The molecular formula is C13H13BrN2O2. The van der Waals surface area contributed by atoms with Gasteiger partial charge in [0.2, 0.25) is 5.88 Å². The fourth-order valence-corrected chi connectivity index (χ4v) is 1.97. The monoisotopic (exact) mass is 308 g/mol. The highest BCUT2D eigenvalue weighted by atomic mass is 79.9. The maximum absolute atomic E-state index is 11.6. The van der Waals surface area contributed by atoms with Gasteiger partial charge in [-0.1, -0.05) is 15.9 Å². The first kappa shape index (κ1) is 12.8. The molecule has 0 aliphatic heterocycles. The lowest BCUT2D eigenvalue weighted by Gasteiger charge is -2.08. The zero-order chi connectivity index (χ0) is 13.4. The molecule has 1 aromatic heterocycles. The van der Waals surface area contributed by atoms with E-state index < -0.39 is 0 Å². The molecule has 1 aromatic carbocycles. The Bertz CT molecular complexity index is 654. The summed E-state index contributed by atoms with van der Waals surface area (Å²) in [4.78, 5) is 18.3. The Kier molecular flexibility index (Phi) is 3.26. The molecule has 0 radical (unpaired) electrons. The lowest BCUT2D eigenvalue weighted by Crippen LogP contribution is -2.12. The minimum absolute atomic E-state index is 0.226. The summed E-state index contributed by atoms with van der Waals surface area (Å²) in [7, 11) is 0. The highest BCUT2D eigenvalue weighted by Gasteiger charge is 2.10. The quantitative estimate of drug-likeness (QED) is 0.851. The first-order valence-corrected chi connectivity index (χ1v) is 6.26. The van der Waals surface area contributed by atoms with Crippen molar-refractivity contribution in [3.8, 4) is 17.3 Å². The van der Waals surface area contributed by atoms with E-state index in [-0.39, 0.29) is 17.0 Å². The molecule has 18 heavy (non-hydrogen) atoms. The highest BCUT2D eigenvalue weighted by molar-refractivity contribution is 9.10. The Morgan fingerprint density at radius 3 is 2.28 bits per heavy atom. The van der Waals surface area contributed by atoms with Gasteiger partial charge in [0.05, 0.1) is 5.56 Å². The third kappa shape index (κ3) is 2.18. The van der Waals surface area contributed by atoms with Crippen LogP contribution < -0.4 is 5.56 Å². The number of aromatic amines is 1. The van der Waals surface area contributed by atoms with Crippen molar-refractivity contribution in [1.29, 1.82) is 0 Å². The number of H-pyrrole nitrogens is 1. The summed E-state index contributed by atoms with van der Waals surface area (Å²) < 4.78 is 1.03. The Hall–Kier alpha value is -1.62. The van der Waals surface area contributed by atoms with Crippen molar-refractivity contribution in [1.82, 2.24) is 9.97 Å². The van der Waals surface area contributed by atoms with Crippen LogP contribution >= 0.6 is 15.9 Å². The van der Waals surface area contributed by atoms with Gasteiger partial charge < -0.3 is 10.1 Å². The molecule has 2 N–H and O–H groups in total. The average molecular weight is 309 g/mol. The Morgan fingerprint density at radius 1 is 1.22 bits per heavy atom. The van der Waals surface area contributed by atoms with Gasteiger partial charge in [0.15, 0.2) is 0 Å². The summed E-state index contributed by atoms with van der Waals surface area (Å²) in [6, 6.07) is 3.81. The van der Waals surface area contributed by atoms with Crippen LogP contribution in [-0.2, 0) is 0 Å². The molecule has 0 atom stereocenters. The van der Waals surface area contributed by atoms with Crippen LogP contribution in [0.25, 0.3) is 11.4 Å². The lowest BCUT2D eigenvalue weighted by atomic mass is 10.1. The molecule has 0 spiro atoms. The summed E-state index contributed by atoms with van der Waals surface area (Å²) >= 11 is 3.48. The van der Waals surface area contributed by atoms with Gasteiger partial charge >= 0.3 is 0 Å². The van der Waals surface area contributed by atoms with Crippen molar-refractivity contribution in [3.63, 3.8) is 0 Å². The van der Waals surface area contributed by atoms with Gasteiger partial charge in [0.25, 0.3) is 5.56 Å². The number of hydrogen-bond acceptors (Lipinski definition) is 3. The van der Waals surface area contributed by atoms with Crippen molar-refractivity contribution < 1.29 is 5.11 Å². The van der Waals surface area contributed by atoms with Crippen LogP contribution in [0.2, 0.25) is 0 Å². The minimum atomic E-state index is -0.323. The maximum Gasteiger partial charge on any atom is 0.257 e. The molecule has 0 unspecified atom stereocenters. The number of hydrogen-bond donors (Lipinski definition) is 2. The molecule has 4 nitrogen and oxygen atoms in total. The third-order valence-corrected chi connectivity index (χ3v) is 4.09. The van der Waals surface area contributed by atoms with E-state index in [1.165, 1.54) is 6.92 Å². The SMILES string of the molecule is Cc1cc(-c2nc(O)c(C)c(=O)[nH]2)cc(C)c1Br. The molecule has 94 valence electrons. The van der Waals surface area contributed by atoms with Crippen LogP contribution in [0, 0.1) is 20.8 Å². The van der Waals surface area contributed by atoms with Gasteiger partial charge in [0, 0.05) is 10.0 Å². The van der Waals surface area contributed by atoms with E-state index >= 15 is 0 Å². The van der Waals surface area contributed by atoms with Gasteiger partial charge in [-0.15, -0.1) is 0 Å². The first-order chi connectivity index (χ1) is 8.40. The van der Waals surface area contributed by atoms with Crippen LogP contribution in [0.1, 0.15) is 16.7 Å². The molecule has 2 rings (SSSR count). The smallest absolute Gasteiger partial charge is 0.257 e. The third-order valence-electron chi connectivity index (χ3n) is 2.84. The second-order valence-electron chi connectivity index (χ2n) is 4.29. The average Bonchev–Trinajstić information content (AvgIpc) is 2.31. The first-order valence-electron chi connectivity index (χ1n) is 5.47. The van der Waals surface area contributed by atoms with Crippen LogP contribution in [0.4, 0.5) is 0 Å². The Labute approximate surface area is 113 Å². The van der Waals surface area contributed by atoms with E-state index in [9.17, 15) is 9.90 Å². The molecule has 0 aliphatic carbocycles. The van der Waals surface area contributed by atoms with Crippen molar-refractivity contribution >= 4 is 15.9 Å². The van der Waals surface area contributed by atoms with Crippen molar-refractivity contribution in [2.75, 3.05) is 0 Å². The lowest BCUT2D eigenvalue weighted by molar-refractivity contribution is 0.447. The standard InChI is InChI=1S/C13H13BrN2O2/c1-6-4-9(5-7(2)10(6)14)11-15-12(17)8(3)13(18)16-11/h4-5H,1-3H3,(H2,15,16,17,18). The van der Waals surface area contributed by atoms with Crippen molar-refractivity contribution in [2.24, 2.45) is 0 Å². The van der Waals surface area contributed by atoms with Crippen molar-refractivity contribution in [2.45, 2.75) is 20.8 Å². The second-order valence-corrected chi connectivity index (χ2v) is 5.08. The zero-order valence-corrected chi connectivity index (χ0v) is 11.9. The van der Waals surface area contributed by atoms with Crippen LogP contribution in [0.15, 0.2) is 21.4 Å². The van der Waals surface area contributed by atoms with Crippen LogP contribution in [0.3, 0.4) is 0 Å². The molecular weight excluding hydrogens is 296 g/mol. The molecule has 0 fully saturated rings. The number of halogens is 1. The van der Waals surface area contributed by atoms with Gasteiger partial charge in [-0.25, -0.2) is 0 Å². The molecule has 0 saturated heterocycles. The fraction of sp³-hybridized carbons (Fsp3) is 0.231. The summed E-state index contributed by atoms with van der Waals surface area (Å²) in [5.41, 5.74) is 2.78. The number of rotatable bonds is 1. The molecule has 0 saturated carbocycles. The largest absolute Gasteiger partial charge is 0.493 e. The maximum atomic E-state index is 11.6. The van der Waals surface area contributed by atoms with E-state index in [0.717, 1.165) is 21.2 Å². The van der Waals surface area contributed by atoms with E-state index in [4.69, 9.17) is 0 Å². The molecule has 2 aromatic rings. The zero-order valence-electron chi connectivity index (χ0n) is 10.3. The molecule has 5 heteroatoms. The highest BCUT2D eigenvalue weighted by Crippen LogP contribution is 2.27. The van der Waals surface area contributed by atoms with E-state index in [1.54, 1.807) is 0 Å². The number of aryl methyl sites for hydroxylation is 2. The molecule has 0 amide bonds. The summed E-state index contributed by atoms with van der Waals surface area (Å²) in [6.07, 6.45) is 0. The van der Waals surface area contributed by atoms with Gasteiger partial charge in [-0.3, -0.25) is 4.79 Å². The summed E-state index contributed by atoms with van der Waals surface area (Å²) in [5, 5.41) is 9.60. The van der Waals surface area contributed by atoms with Crippen LogP contribution in [0.5, 0.6) is 5.88 Å². The minimum Gasteiger partial charge on any atom is -0.493 e. The predicted molar refractivity (Wildman–Crippen MR) is 73.9 cm³/mol. The topological polar surface area (TPSA) is 66.0 Å². The van der Waals surface area contributed by atoms with E-state index in [0.29, 0.717) is 5.82 Å². The Balaban J connectivity index is 2.66. The van der Waals surface area contributed by atoms with Gasteiger partial charge in [-0.05, 0) is 44.0 Å². The summed E-state index contributed by atoms with van der Waals surface area (Å²) in [5.74, 6) is 0.147. The number of nitrogens with one attached hydrogen (secondary N) is 1. The predicted octanol–water partition coefficient (Wildman–Crippen LogP) is 2.83. The normalized spacial score (nSPS) is 10.7. The molecule has 1 heterocycles. The van der Waals surface area contributed by atoms with E-state index in [2.05, 4.69) is 25.9 Å².